The number of rotatable bonds is 11. The third-order valence-corrected chi connectivity index (χ3v) is 8.57. The second kappa shape index (κ2) is 12.9. The van der Waals surface area contributed by atoms with E-state index < -0.39 is 31.1 Å². The van der Waals surface area contributed by atoms with E-state index in [1.54, 1.807) is 4.57 Å². The molecule has 11 nitrogen and oxygen atoms in total. The number of nitrogens with zero attached hydrogens (tertiary/aromatic N) is 3. The Bertz CT molecular complexity index is 1570. The van der Waals surface area contributed by atoms with Gasteiger partial charge in [-0.15, -0.1) is 0 Å². The molecule has 4 atom stereocenters. The smallest absolute Gasteiger partial charge is 0.220 e. The van der Waals surface area contributed by atoms with Gasteiger partial charge >= 0.3 is 0 Å². The van der Waals surface area contributed by atoms with Gasteiger partial charge < -0.3 is 40.7 Å². The molecular formula is C32H39N5O6. The molecule has 6 N–H and O–H groups in total. The molecule has 0 saturated carbocycles. The number of hydrogen-bond donors (Lipinski definition) is 5. The maximum Gasteiger partial charge on any atom is 0.220 e. The number of nitrogens with two attached hydrogens (primary N) is 1. The molecule has 1 amide bonds. The summed E-state index contributed by atoms with van der Waals surface area (Å²) in [6, 6.07) is 19.8. The lowest BCUT2D eigenvalue weighted by atomic mass is 9.96. The number of ether oxygens (including phenoxy) is 2. The number of aliphatic hydroxyl groups excluding tert-OH is 3. The summed E-state index contributed by atoms with van der Waals surface area (Å²) < 4.78 is 13.6. The molecular weight excluding hydrogens is 550 g/mol. The van der Waals surface area contributed by atoms with Crippen LogP contribution in [0.25, 0.3) is 21.8 Å². The lowest BCUT2D eigenvalue weighted by Gasteiger charge is -2.30. The van der Waals surface area contributed by atoms with Crippen LogP contribution < -0.4 is 15.8 Å². The van der Waals surface area contributed by atoms with Crippen molar-refractivity contribution >= 4 is 33.7 Å². The number of carbonyl (C=O) groups excluding carboxylic acids is 1. The van der Waals surface area contributed by atoms with Gasteiger partial charge in [0.15, 0.2) is 6.23 Å². The van der Waals surface area contributed by atoms with Crippen LogP contribution in [0.15, 0.2) is 60.7 Å². The van der Waals surface area contributed by atoms with E-state index >= 15 is 0 Å². The van der Waals surface area contributed by atoms with Gasteiger partial charge in [-0.3, -0.25) is 9.36 Å². The van der Waals surface area contributed by atoms with Gasteiger partial charge in [-0.05, 0) is 79.0 Å². The number of primary amides is 1. The summed E-state index contributed by atoms with van der Waals surface area (Å²) >= 11 is 0. The minimum atomic E-state index is -1.21. The van der Waals surface area contributed by atoms with Crippen LogP contribution in [-0.4, -0.2) is 86.8 Å². The van der Waals surface area contributed by atoms with Crippen LogP contribution in [0.3, 0.4) is 0 Å². The van der Waals surface area contributed by atoms with Crippen LogP contribution in [0.4, 0.5) is 5.95 Å². The minimum Gasteiger partial charge on any atom is -0.494 e. The molecule has 1 aromatic heterocycles. The number of nitrogens with one attached hydrogen (secondary N) is 1. The van der Waals surface area contributed by atoms with Crippen LogP contribution in [0.2, 0.25) is 0 Å². The molecule has 0 aliphatic carbocycles. The maximum atomic E-state index is 11.4. The van der Waals surface area contributed by atoms with Crippen molar-refractivity contribution in [3.63, 3.8) is 0 Å². The SMILES string of the molecule is NC(=O)C1CCN(CCCOc2ccc3cc(CNc4nc5ccccc5n4[C@@H]4O[C@H](CO)[C@@H](O)[C@H]4O)ccc3c2)CC1. The van der Waals surface area contributed by atoms with Gasteiger partial charge in [-0.25, -0.2) is 4.98 Å². The zero-order chi connectivity index (χ0) is 29.9. The van der Waals surface area contributed by atoms with Crippen molar-refractivity contribution in [3.05, 3.63) is 66.2 Å². The normalized spacial score (nSPS) is 23.2. The second-order valence-electron chi connectivity index (χ2n) is 11.4. The van der Waals surface area contributed by atoms with Crippen LogP contribution in [0, 0.1) is 5.92 Å². The van der Waals surface area contributed by atoms with Crippen LogP contribution in [0.1, 0.15) is 31.1 Å². The second-order valence-corrected chi connectivity index (χ2v) is 11.4. The fraction of sp³-hybridized carbons (Fsp3) is 0.438. The van der Waals surface area contributed by atoms with Gasteiger partial charge in [0, 0.05) is 19.0 Å². The quantitative estimate of drug-likeness (QED) is 0.166. The number of para-hydroxylation sites is 2. The molecule has 2 fully saturated rings. The number of fused-ring (bicyclic) bond motifs is 2. The average Bonchev–Trinajstić information content (AvgIpc) is 3.53. The Labute approximate surface area is 249 Å². The van der Waals surface area contributed by atoms with E-state index in [-0.39, 0.29) is 11.8 Å². The molecule has 0 spiro atoms. The van der Waals surface area contributed by atoms with Crippen molar-refractivity contribution in [2.75, 3.05) is 38.2 Å². The number of likely N-dealkylation sites (tertiary alicyclic amines) is 1. The molecule has 2 saturated heterocycles. The summed E-state index contributed by atoms with van der Waals surface area (Å²) in [7, 11) is 0. The molecule has 2 aliphatic rings. The molecule has 11 heteroatoms. The summed E-state index contributed by atoms with van der Waals surface area (Å²) in [5.41, 5.74) is 7.95. The van der Waals surface area contributed by atoms with Crippen molar-refractivity contribution in [3.8, 4) is 5.75 Å². The summed E-state index contributed by atoms with van der Waals surface area (Å²) in [6.07, 6.45) is -1.60. The summed E-state index contributed by atoms with van der Waals surface area (Å²) in [6.45, 7) is 3.46. The first kappa shape index (κ1) is 29.3. The van der Waals surface area contributed by atoms with E-state index in [1.807, 2.05) is 42.5 Å². The highest BCUT2D eigenvalue weighted by molar-refractivity contribution is 5.84. The number of benzene rings is 3. The zero-order valence-corrected chi connectivity index (χ0v) is 24.0. The fourth-order valence-corrected chi connectivity index (χ4v) is 6.09. The van der Waals surface area contributed by atoms with E-state index in [9.17, 15) is 20.1 Å². The van der Waals surface area contributed by atoms with Crippen LogP contribution in [-0.2, 0) is 16.1 Å². The van der Waals surface area contributed by atoms with Crippen molar-refractivity contribution in [2.24, 2.45) is 11.7 Å². The number of amides is 1. The number of aliphatic hydroxyl groups is 3. The highest BCUT2D eigenvalue weighted by atomic mass is 16.6. The summed E-state index contributed by atoms with van der Waals surface area (Å²) in [5.74, 6) is 1.16. The lowest BCUT2D eigenvalue weighted by Crippen LogP contribution is -2.39. The molecule has 228 valence electrons. The third kappa shape index (κ3) is 6.31. The van der Waals surface area contributed by atoms with Crippen molar-refractivity contribution < 1.29 is 29.6 Å². The lowest BCUT2D eigenvalue weighted by molar-refractivity contribution is -0.123. The number of piperidine rings is 1. The number of imidazole rings is 1. The molecule has 3 heterocycles. The van der Waals surface area contributed by atoms with E-state index in [0.29, 0.717) is 19.1 Å². The van der Waals surface area contributed by atoms with E-state index in [4.69, 9.17) is 20.2 Å². The average molecular weight is 590 g/mol. The molecule has 4 aromatic rings. The van der Waals surface area contributed by atoms with Crippen molar-refractivity contribution in [1.29, 1.82) is 0 Å². The highest BCUT2D eigenvalue weighted by Gasteiger charge is 2.44. The summed E-state index contributed by atoms with van der Waals surface area (Å²) in [5, 5.41) is 36.2. The topological polar surface area (TPSA) is 155 Å². The van der Waals surface area contributed by atoms with Crippen molar-refractivity contribution in [2.45, 2.75) is 50.3 Å². The van der Waals surface area contributed by atoms with Gasteiger partial charge in [0.1, 0.15) is 24.1 Å². The van der Waals surface area contributed by atoms with E-state index in [2.05, 4.69) is 28.4 Å². The first-order valence-electron chi connectivity index (χ1n) is 14.9. The molecule has 6 rings (SSSR count). The Morgan fingerprint density at radius 1 is 1.05 bits per heavy atom. The van der Waals surface area contributed by atoms with E-state index in [0.717, 1.165) is 72.0 Å². The van der Waals surface area contributed by atoms with Crippen LogP contribution in [0.5, 0.6) is 5.75 Å². The molecule has 0 unspecified atom stereocenters. The number of hydrogen-bond acceptors (Lipinski definition) is 9. The summed E-state index contributed by atoms with van der Waals surface area (Å²) in [4.78, 5) is 18.4. The standard InChI is InChI=1S/C32H39N5O6/c33-30(41)21-10-13-36(14-11-21)12-3-15-42-24-9-8-22-16-20(6-7-23(22)17-24)18-34-32-35-25-4-1-2-5-26(25)37(32)31-29(40)28(39)27(19-38)43-31/h1-2,4-9,16-17,21,27-29,31,38-40H,3,10-15,18-19H2,(H2,33,41)(H,34,35)/t27-,28-,29-,31-/m1/s1. The molecule has 0 radical (unpaired) electrons. The molecule has 43 heavy (non-hydrogen) atoms. The number of aromatic nitrogens is 2. The number of carbonyl (C=O) groups is 1. The Balaban J connectivity index is 1.07. The predicted octanol–water partition coefficient (Wildman–Crippen LogP) is 2.38. The first-order chi connectivity index (χ1) is 20.9. The van der Waals surface area contributed by atoms with Crippen molar-refractivity contribution in [1.82, 2.24) is 14.5 Å². The van der Waals surface area contributed by atoms with Gasteiger partial charge in [-0.2, -0.15) is 0 Å². The monoisotopic (exact) mass is 589 g/mol. The molecule has 2 aliphatic heterocycles. The number of anilines is 1. The zero-order valence-electron chi connectivity index (χ0n) is 24.0. The third-order valence-electron chi connectivity index (χ3n) is 8.57. The molecule has 3 aromatic carbocycles. The van der Waals surface area contributed by atoms with E-state index in [1.165, 1.54) is 0 Å². The van der Waals surface area contributed by atoms with Gasteiger partial charge in [0.25, 0.3) is 0 Å². The Hall–Kier alpha value is -3.74. The highest BCUT2D eigenvalue weighted by Crippen LogP contribution is 2.35. The maximum absolute atomic E-state index is 11.4. The van der Waals surface area contributed by atoms with Crippen LogP contribution >= 0.6 is 0 Å². The minimum absolute atomic E-state index is 0.0146. The Morgan fingerprint density at radius 2 is 1.81 bits per heavy atom. The fourth-order valence-electron chi connectivity index (χ4n) is 6.09. The molecule has 0 bridgehead atoms. The largest absolute Gasteiger partial charge is 0.494 e. The Morgan fingerprint density at radius 3 is 2.58 bits per heavy atom. The first-order valence-corrected chi connectivity index (χ1v) is 14.9. The van der Waals surface area contributed by atoms with Gasteiger partial charge in [-0.1, -0.05) is 30.3 Å². The predicted molar refractivity (Wildman–Crippen MR) is 162 cm³/mol. The Kier molecular flexibility index (Phi) is 8.78. The van der Waals surface area contributed by atoms with Gasteiger partial charge in [0.05, 0.1) is 24.2 Å². The van der Waals surface area contributed by atoms with Gasteiger partial charge in [0.2, 0.25) is 11.9 Å².